The normalized spacial score (nSPS) is 20.4. The molecule has 1 fully saturated rings. The van der Waals surface area contributed by atoms with Crippen LogP contribution in [0.25, 0.3) is 0 Å². The lowest BCUT2D eigenvalue weighted by Crippen LogP contribution is -2.27. The van der Waals surface area contributed by atoms with Crippen LogP contribution >= 0.6 is 0 Å². The van der Waals surface area contributed by atoms with Crippen molar-refractivity contribution in [2.24, 2.45) is 9.98 Å². The number of rotatable bonds is 4. The lowest BCUT2D eigenvalue weighted by molar-refractivity contribution is 0.390. The highest BCUT2D eigenvalue weighted by atomic mass is 14.9. The molecule has 2 atom stereocenters. The second kappa shape index (κ2) is 8.86. The van der Waals surface area contributed by atoms with Gasteiger partial charge in [0.1, 0.15) is 0 Å². The molecule has 0 bridgehead atoms. The summed E-state index contributed by atoms with van der Waals surface area (Å²) < 4.78 is 0. The van der Waals surface area contributed by atoms with Gasteiger partial charge in [0.15, 0.2) is 0 Å². The highest BCUT2D eigenvalue weighted by molar-refractivity contribution is 5.85. The highest BCUT2D eigenvalue weighted by Gasteiger charge is 2.23. The first kappa shape index (κ1) is 20.5. The van der Waals surface area contributed by atoms with E-state index in [2.05, 4.69) is 78.2 Å². The van der Waals surface area contributed by atoms with Crippen LogP contribution in [0.15, 0.2) is 34.3 Å². The van der Waals surface area contributed by atoms with E-state index in [9.17, 15) is 0 Å². The number of aryl methyl sites for hydroxylation is 6. The molecule has 1 aliphatic rings. The van der Waals surface area contributed by atoms with Gasteiger partial charge in [0.25, 0.3) is 0 Å². The molecule has 2 heteroatoms. The molecule has 2 nitrogen and oxygen atoms in total. The Labute approximate surface area is 170 Å². The van der Waals surface area contributed by atoms with Gasteiger partial charge >= 0.3 is 0 Å². The maximum Gasteiger partial charge on any atom is 0.0723 e. The minimum atomic E-state index is 0.288. The van der Waals surface area contributed by atoms with E-state index in [-0.39, 0.29) is 12.1 Å². The number of nitrogens with zero attached hydrogens (tertiary/aromatic N) is 2. The van der Waals surface area contributed by atoms with E-state index in [1.54, 1.807) is 0 Å². The molecule has 3 rings (SSSR count). The molecule has 0 aromatic heterocycles. The lowest BCUT2D eigenvalue weighted by Gasteiger charge is -2.26. The predicted octanol–water partition coefficient (Wildman–Crippen LogP) is 6.39. The van der Waals surface area contributed by atoms with Crippen molar-refractivity contribution in [1.29, 1.82) is 0 Å². The molecule has 0 amide bonds. The Morgan fingerprint density at radius 3 is 1.25 bits per heavy atom. The van der Waals surface area contributed by atoms with Gasteiger partial charge in [0.2, 0.25) is 0 Å². The van der Waals surface area contributed by atoms with E-state index in [1.807, 2.05) is 0 Å². The topological polar surface area (TPSA) is 24.7 Å². The minimum Gasteiger partial charge on any atom is -0.287 e. The summed E-state index contributed by atoms with van der Waals surface area (Å²) in [6, 6.07) is 9.55. The van der Waals surface area contributed by atoms with E-state index < -0.39 is 0 Å². The van der Waals surface area contributed by atoms with Crippen LogP contribution < -0.4 is 0 Å². The molecule has 0 N–H and O–H groups in total. The van der Waals surface area contributed by atoms with E-state index in [0.717, 1.165) is 12.8 Å². The largest absolute Gasteiger partial charge is 0.287 e. The summed E-state index contributed by atoms with van der Waals surface area (Å²) >= 11 is 0. The molecule has 0 aliphatic heterocycles. The fourth-order valence-corrected chi connectivity index (χ4v) is 4.57. The van der Waals surface area contributed by atoms with Gasteiger partial charge in [0, 0.05) is 12.4 Å². The zero-order valence-corrected chi connectivity index (χ0v) is 18.3. The molecule has 2 aromatic carbocycles. The smallest absolute Gasteiger partial charge is 0.0723 e. The highest BCUT2D eigenvalue weighted by Crippen LogP contribution is 2.25. The number of hydrogen-bond donors (Lipinski definition) is 0. The van der Waals surface area contributed by atoms with Crippen LogP contribution in [0.4, 0.5) is 0 Å². The van der Waals surface area contributed by atoms with Crippen LogP contribution in [-0.2, 0) is 0 Å². The average Bonchev–Trinajstić information content (AvgIpc) is 2.61. The molecule has 0 heterocycles. The van der Waals surface area contributed by atoms with Crippen molar-refractivity contribution in [3.8, 4) is 0 Å². The summed E-state index contributed by atoms with van der Waals surface area (Å²) in [7, 11) is 0. The quantitative estimate of drug-likeness (QED) is 0.554. The van der Waals surface area contributed by atoms with Gasteiger partial charge in [-0.25, -0.2) is 0 Å². The predicted molar refractivity (Wildman–Crippen MR) is 123 cm³/mol. The third-order valence-electron chi connectivity index (χ3n) is 5.96. The Hall–Kier alpha value is -2.22. The summed E-state index contributed by atoms with van der Waals surface area (Å²) in [4.78, 5) is 10.0. The van der Waals surface area contributed by atoms with E-state index in [0.29, 0.717) is 0 Å². The molecule has 148 valence electrons. The number of hydrogen-bond acceptors (Lipinski definition) is 2. The Morgan fingerprint density at radius 2 is 0.929 bits per heavy atom. The van der Waals surface area contributed by atoms with Crippen LogP contribution in [0, 0.1) is 41.5 Å². The summed E-state index contributed by atoms with van der Waals surface area (Å²) in [6.45, 7) is 13.0. The molecular weight excluding hydrogens is 340 g/mol. The second-order valence-corrected chi connectivity index (χ2v) is 8.60. The fraction of sp³-hybridized carbons (Fsp3) is 0.462. The minimum absolute atomic E-state index is 0.288. The van der Waals surface area contributed by atoms with Gasteiger partial charge in [-0.2, -0.15) is 0 Å². The first-order valence-electron chi connectivity index (χ1n) is 10.6. The third kappa shape index (κ3) is 4.79. The lowest BCUT2D eigenvalue weighted by atomic mass is 9.90. The maximum absolute atomic E-state index is 5.02. The van der Waals surface area contributed by atoms with Crippen molar-refractivity contribution >= 4 is 12.4 Å². The Bertz CT molecular complexity index is 783. The van der Waals surface area contributed by atoms with Gasteiger partial charge in [-0.1, -0.05) is 48.2 Å². The van der Waals surface area contributed by atoms with Crippen LogP contribution in [0.2, 0.25) is 0 Å². The SMILES string of the molecule is Cc1cc(C)c(C=N[C@H]2CCCC[C@@H]2N=Cc2c(C)cc(C)cc2C)c(C)c1. The van der Waals surface area contributed by atoms with Crippen molar-refractivity contribution in [2.45, 2.75) is 79.3 Å². The van der Waals surface area contributed by atoms with E-state index >= 15 is 0 Å². The summed E-state index contributed by atoms with van der Waals surface area (Å²) in [5, 5.41) is 0. The third-order valence-corrected chi connectivity index (χ3v) is 5.96. The van der Waals surface area contributed by atoms with Crippen LogP contribution in [0.1, 0.15) is 70.2 Å². The summed E-state index contributed by atoms with van der Waals surface area (Å²) in [6.07, 6.45) is 8.98. The Kier molecular flexibility index (Phi) is 6.49. The molecule has 0 unspecified atom stereocenters. The monoisotopic (exact) mass is 374 g/mol. The summed E-state index contributed by atoms with van der Waals surface area (Å²) in [5.74, 6) is 0. The first-order valence-corrected chi connectivity index (χ1v) is 10.6. The van der Waals surface area contributed by atoms with Crippen LogP contribution in [-0.4, -0.2) is 24.5 Å². The summed E-state index contributed by atoms with van der Waals surface area (Å²) in [5.41, 5.74) is 10.4. The van der Waals surface area contributed by atoms with E-state index in [4.69, 9.17) is 9.98 Å². The van der Waals surface area contributed by atoms with Crippen molar-refractivity contribution in [1.82, 2.24) is 0 Å². The zero-order valence-electron chi connectivity index (χ0n) is 18.3. The zero-order chi connectivity index (χ0) is 20.3. The van der Waals surface area contributed by atoms with E-state index in [1.165, 1.54) is 57.3 Å². The van der Waals surface area contributed by atoms with Crippen molar-refractivity contribution in [2.75, 3.05) is 0 Å². The molecule has 1 aliphatic carbocycles. The Morgan fingerprint density at radius 1 is 0.607 bits per heavy atom. The molecule has 0 spiro atoms. The van der Waals surface area contributed by atoms with Gasteiger partial charge in [0.05, 0.1) is 12.1 Å². The van der Waals surface area contributed by atoms with Crippen molar-refractivity contribution < 1.29 is 0 Å². The molecule has 1 saturated carbocycles. The van der Waals surface area contributed by atoms with Crippen molar-refractivity contribution in [3.63, 3.8) is 0 Å². The fourth-order valence-electron chi connectivity index (χ4n) is 4.57. The second-order valence-electron chi connectivity index (χ2n) is 8.60. The van der Waals surface area contributed by atoms with Gasteiger partial charge in [-0.05, 0) is 87.8 Å². The number of benzene rings is 2. The first-order chi connectivity index (χ1) is 13.3. The van der Waals surface area contributed by atoms with Gasteiger partial charge in [-0.3, -0.25) is 9.98 Å². The molecule has 2 aromatic rings. The molecular formula is C26H34N2. The molecule has 28 heavy (non-hydrogen) atoms. The maximum atomic E-state index is 5.02. The Balaban J connectivity index is 1.82. The average molecular weight is 375 g/mol. The number of aliphatic imine (C=N–C) groups is 2. The van der Waals surface area contributed by atoms with Crippen molar-refractivity contribution in [3.05, 3.63) is 68.8 Å². The van der Waals surface area contributed by atoms with Crippen LogP contribution in [0.5, 0.6) is 0 Å². The standard InChI is InChI=1S/C26H34N2/c1-17-11-19(3)23(20(4)12-17)15-27-25-9-7-8-10-26(25)28-16-24-21(5)13-18(2)14-22(24)6/h11-16,25-26H,7-10H2,1-6H3/t25-,26-/m0/s1. The van der Waals surface area contributed by atoms with Crippen LogP contribution in [0.3, 0.4) is 0 Å². The van der Waals surface area contributed by atoms with Gasteiger partial charge < -0.3 is 0 Å². The molecule has 0 radical (unpaired) electrons. The van der Waals surface area contributed by atoms with Gasteiger partial charge in [-0.15, -0.1) is 0 Å². The molecule has 0 saturated heterocycles.